The minimum absolute atomic E-state index is 0.0897. The lowest BCUT2D eigenvalue weighted by molar-refractivity contribution is 0.0711. The van der Waals surface area contributed by atoms with Crippen LogP contribution in [0, 0.1) is 13.8 Å². The van der Waals surface area contributed by atoms with Gasteiger partial charge in [0.2, 0.25) is 0 Å². The van der Waals surface area contributed by atoms with Gasteiger partial charge in [0.1, 0.15) is 5.58 Å². The summed E-state index contributed by atoms with van der Waals surface area (Å²) in [5.74, 6) is -0.168. The lowest BCUT2D eigenvalue weighted by atomic mass is 10.1. The van der Waals surface area contributed by atoms with Crippen LogP contribution in [0.15, 0.2) is 57.7 Å². The fourth-order valence-corrected chi connectivity index (χ4v) is 2.97. The van der Waals surface area contributed by atoms with E-state index in [0.717, 1.165) is 17.5 Å². The van der Waals surface area contributed by atoms with Crippen LogP contribution in [0.5, 0.6) is 0 Å². The molecule has 4 nitrogen and oxygen atoms in total. The fourth-order valence-electron chi connectivity index (χ4n) is 2.97. The number of benzene rings is 2. The molecule has 134 valence electrons. The maximum atomic E-state index is 13.0. The average Bonchev–Trinajstić information content (AvgIpc) is 2.63. The molecule has 0 fully saturated rings. The number of hydrogen-bond acceptors (Lipinski definition) is 3. The largest absolute Gasteiger partial charge is 0.451 e. The molecule has 3 aromatic rings. The molecule has 0 atom stereocenters. The predicted octanol–water partition coefficient (Wildman–Crippen LogP) is 4.46. The lowest BCUT2D eigenvalue weighted by Crippen LogP contribution is -2.31. The van der Waals surface area contributed by atoms with E-state index in [1.807, 2.05) is 51.1 Å². The van der Waals surface area contributed by atoms with Crippen LogP contribution >= 0.6 is 0 Å². The Balaban J connectivity index is 1.93. The highest BCUT2D eigenvalue weighted by atomic mass is 16.3. The van der Waals surface area contributed by atoms with E-state index >= 15 is 0 Å². The van der Waals surface area contributed by atoms with Crippen LogP contribution in [0.1, 0.15) is 40.6 Å². The van der Waals surface area contributed by atoms with Gasteiger partial charge in [0.25, 0.3) is 5.91 Å². The van der Waals surface area contributed by atoms with E-state index in [4.69, 9.17) is 4.42 Å². The van der Waals surface area contributed by atoms with Crippen molar-refractivity contribution in [1.82, 2.24) is 4.90 Å². The molecule has 0 aliphatic rings. The molecule has 26 heavy (non-hydrogen) atoms. The third-order valence-corrected chi connectivity index (χ3v) is 4.37. The second-order valence-electron chi connectivity index (χ2n) is 6.69. The Hall–Kier alpha value is -2.88. The van der Waals surface area contributed by atoms with Crippen molar-refractivity contribution in [2.75, 3.05) is 6.54 Å². The van der Waals surface area contributed by atoms with Crippen molar-refractivity contribution >= 4 is 16.9 Å². The monoisotopic (exact) mass is 349 g/mol. The first-order chi connectivity index (χ1) is 12.5. The Morgan fingerprint density at radius 2 is 1.69 bits per heavy atom. The molecule has 1 aromatic heterocycles. The summed E-state index contributed by atoms with van der Waals surface area (Å²) in [6, 6.07) is 14.8. The molecule has 3 rings (SSSR count). The average molecular weight is 349 g/mol. The SMILES string of the molecule is CCCN(Cc1ccc(C)cc1)C(=O)c1cc(=O)c2cc(C)ccc2o1. The zero-order chi connectivity index (χ0) is 18.7. The van der Waals surface area contributed by atoms with Crippen LogP contribution in [0.4, 0.5) is 0 Å². The van der Waals surface area contributed by atoms with Crippen LogP contribution in [0.3, 0.4) is 0 Å². The maximum absolute atomic E-state index is 13.0. The highest BCUT2D eigenvalue weighted by Gasteiger charge is 2.19. The molecule has 4 heteroatoms. The van der Waals surface area contributed by atoms with Gasteiger partial charge in [-0.15, -0.1) is 0 Å². The topological polar surface area (TPSA) is 50.5 Å². The molecule has 0 aliphatic carbocycles. The maximum Gasteiger partial charge on any atom is 0.290 e. The molecule has 2 aromatic carbocycles. The first-order valence-corrected chi connectivity index (χ1v) is 8.87. The van der Waals surface area contributed by atoms with Crippen molar-refractivity contribution in [2.45, 2.75) is 33.7 Å². The molecule has 0 bridgehead atoms. The fraction of sp³-hybridized carbons (Fsp3) is 0.273. The number of hydrogen-bond donors (Lipinski definition) is 0. The molecular weight excluding hydrogens is 326 g/mol. The Labute approximate surface area is 153 Å². The minimum Gasteiger partial charge on any atom is -0.451 e. The van der Waals surface area contributed by atoms with Crippen LogP contribution in [0.2, 0.25) is 0 Å². The van der Waals surface area contributed by atoms with Gasteiger partial charge in [-0.25, -0.2) is 0 Å². The quantitative estimate of drug-likeness (QED) is 0.683. The van der Waals surface area contributed by atoms with E-state index in [1.165, 1.54) is 11.6 Å². The summed E-state index contributed by atoms with van der Waals surface area (Å²) in [7, 11) is 0. The van der Waals surface area contributed by atoms with Crippen LogP contribution < -0.4 is 5.43 Å². The van der Waals surface area contributed by atoms with Gasteiger partial charge in [0.15, 0.2) is 11.2 Å². The van der Waals surface area contributed by atoms with Crippen molar-refractivity contribution in [3.63, 3.8) is 0 Å². The normalized spacial score (nSPS) is 10.9. The van der Waals surface area contributed by atoms with Crippen molar-refractivity contribution in [2.24, 2.45) is 0 Å². The second kappa shape index (κ2) is 7.56. The summed E-state index contributed by atoms with van der Waals surface area (Å²) < 4.78 is 5.75. The number of amides is 1. The number of nitrogens with zero attached hydrogens (tertiary/aromatic N) is 1. The van der Waals surface area contributed by atoms with Crippen molar-refractivity contribution < 1.29 is 9.21 Å². The van der Waals surface area contributed by atoms with E-state index in [2.05, 4.69) is 0 Å². The van der Waals surface area contributed by atoms with E-state index in [-0.39, 0.29) is 17.1 Å². The predicted molar refractivity (Wildman–Crippen MR) is 103 cm³/mol. The Morgan fingerprint density at radius 1 is 1.00 bits per heavy atom. The Bertz CT molecular complexity index is 986. The smallest absolute Gasteiger partial charge is 0.290 e. The summed E-state index contributed by atoms with van der Waals surface area (Å²) in [5, 5.41) is 0.502. The number of aryl methyl sites for hydroxylation is 2. The molecule has 0 unspecified atom stereocenters. The van der Waals surface area contributed by atoms with Gasteiger partial charge in [-0.05, 0) is 38.0 Å². The third kappa shape index (κ3) is 3.85. The molecule has 0 N–H and O–H groups in total. The molecule has 0 radical (unpaired) electrons. The van der Waals surface area contributed by atoms with E-state index < -0.39 is 0 Å². The van der Waals surface area contributed by atoms with Crippen molar-refractivity contribution in [3.05, 3.63) is 81.2 Å². The summed E-state index contributed by atoms with van der Waals surface area (Å²) in [6.07, 6.45) is 0.828. The number of carbonyl (C=O) groups excluding carboxylic acids is 1. The summed E-state index contributed by atoms with van der Waals surface area (Å²) in [6.45, 7) is 7.06. The van der Waals surface area contributed by atoms with Crippen LogP contribution in [-0.4, -0.2) is 17.4 Å². The zero-order valence-electron chi connectivity index (χ0n) is 15.4. The van der Waals surface area contributed by atoms with Crippen molar-refractivity contribution in [1.29, 1.82) is 0 Å². The third-order valence-electron chi connectivity index (χ3n) is 4.37. The van der Waals surface area contributed by atoms with Gasteiger partial charge in [0, 0.05) is 19.2 Å². The molecular formula is C22H23NO3. The van der Waals surface area contributed by atoms with E-state index in [0.29, 0.717) is 24.1 Å². The molecule has 0 saturated carbocycles. The summed E-state index contributed by atoms with van der Waals surface area (Å²) in [5.41, 5.74) is 3.47. The molecule has 0 spiro atoms. The van der Waals surface area contributed by atoms with Gasteiger partial charge < -0.3 is 9.32 Å². The first-order valence-electron chi connectivity index (χ1n) is 8.87. The first kappa shape index (κ1) is 17.9. The minimum atomic E-state index is -0.257. The highest BCUT2D eigenvalue weighted by Crippen LogP contribution is 2.17. The molecule has 0 saturated heterocycles. The van der Waals surface area contributed by atoms with Crippen molar-refractivity contribution in [3.8, 4) is 0 Å². The van der Waals surface area contributed by atoms with Crippen LogP contribution in [0.25, 0.3) is 11.0 Å². The Kier molecular flexibility index (Phi) is 5.21. The van der Waals surface area contributed by atoms with Gasteiger partial charge >= 0.3 is 0 Å². The van der Waals surface area contributed by atoms with Gasteiger partial charge in [0.05, 0.1) is 5.39 Å². The summed E-state index contributed by atoms with van der Waals surface area (Å²) >= 11 is 0. The molecule has 0 aliphatic heterocycles. The standard InChI is InChI=1S/C22H23NO3/c1-4-11-23(14-17-8-5-15(2)6-9-17)22(25)21-13-19(24)18-12-16(3)7-10-20(18)26-21/h5-10,12-13H,4,11,14H2,1-3H3. The molecule has 1 amide bonds. The second-order valence-corrected chi connectivity index (χ2v) is 6.69. The lowest BCUT2D eigenvalue weighted by Gasteiger charge is -2.21. The van der Waals surface area contributed by atoms with E-state index in [9.17, 15) is 9.59 Å². The van der Waals surface area contributed by atoms with Gasteiger partial charge in [-0.2, -0.15) is 0 Å². The van der Waals surface area contributed by atoms with Gasteiger partial charge in [-0.1, -0.05) is 48.4 Å². The van der Waals surface area contributed by atoms with Crippen LogP contribution in [-0.2, 0) is 6.54 Å². The molecule has 1 heterocycles. The number of fused-ring (bicyclic) bond motifs is 1. The van der Waals surface area contributed by atoms with Gasteiger partial charge in [-0.3, -0.25) is 9.59 Å². The highest BCUT2D eigenvalue weighted by molar-refractivity contribution is 5.93. The zero-order valence-corrected chi connectivity index (χ0v) is 15.4. The number of rotatable bonds is 5. The Morgan fingerprint density at radius 3 is 2.38 bits per heavy atom. The number of carbonyl (C=O) groups is 1. The summed E-state index contributed by atoms with van der Waals surface area (Å²) in [4.78, 5) is 27.1. The van der Waals surface area contributed by atoms with E-state index in [1.54, 1.807) is 17.0 Å².